The van der Waals surface area contributed by atoms with Crippen molar-refractivity contribution in [2.75, 3.05) is 42.5 Å². The van der Waals surface area contributed by atoms with Gasteiger partial charge in [-0.2, -0.15) is 4.31 Å². The number of nitrogens with zero attached hydrogens (tertiary/aromatic N) is 5. The van der Waals surface area contributed by atoms with Crippen LogP contribution in [0.3, 0.4) is 0 Å². The van der Waals surface area contributed by atoms with Gasteiger partial charge in [-0.25, -0.2) is 27.2 Å². The number of hydrogen-bond acceptors (Lipinski definition) is 7. The van der Waals surface area contributed by atoms with Crippen molar-refractivity contribution in [3.05, 3.63) is 101 Å². The highest BCUT2D eigenvalue weighted by atomic mass is 32.2. The molecule has 0 bridgehead atoms. The van der Waals surface area contributed by atoms with E-state index in [-0.39, 0.29) is 23.8 Å². The van der Waals surface area contributed by atoms with Crippen LogP contribution in [0.4, 0.5) is 20.4 Å². The lowest BCUT2D eigenvalue weighted by Crippen LogP contribution is -2.47. The number of halogens is 2. The maximum absolute atomic E-state index is 14.4. The lowest BCUT2D eigenvalue weighted by atomic mass is 10.0. The molecule has 12 heteroatoms. The molecule has 3 aromatic carbocycles. The average molecular weight is 647 g/mol. The molecule has 9 nitrogen and oxygen atoms in total. The van der Waals surface area contributed by atoms with Crippen LogP contribution in [-0.2, 0) is 21.4 Å². The van der Waals surface area contributed by atoms with Crippen molar-refractivity contribution >= 4 is 27.6 Å². The third-order valence-electron chi connectivity index (χ3n) is 8.56. The maximum atomic E-state index is 14.4. The lowest BCUT2D eigenvalue weighted by Gasteiger charge is -2.36. The lowest BCUT2D eigenvalue weighted by molar-refractivity contribution is -0.124. The smallest absolute Gasteiger partial charge is 0.243 e. The molecule has 2 saturated heterocycles. The summed E-state index contributed by atoms with van der Waals surface area (Å²) in [6.45, 7) is 6.63. The zero-order valence-corrected chi connectivity index (χ0v) is 26.6. The van der Waals surface area contributed by atoms with Gasteiger partial charge in [-0.05, 0) is 80.8 Å². The molecule has 4 aromatic rings. The molecule has 6 rings (SSSR count). The van der Waals surface area contributed by atoms with Gasteiger partial charge in [-0.3, -0.25) is 4.79 Å². The van der Waals surface area contributed by atoms with E-state index >= 15 is 0 Å². The molecule has 0 unspecified atom stereocenters. The first kappa shape index (κ1) is 31.6. The van der Waals surface area contributed by atoms with Crippen LogP contribution in [0.2, 0.25) is 0 Å². The maximum Gasteiger partial charge on any atom is 0.243 e. The number of nitrogens with one attached hydrogen (secondary N) is 1. The predicted octanol–water partition coefficient (Wildman–Crippen LogP) is 4.83. The van der Waals surface area contributed by atoms with Crippen molar-refractivity contribution in [1.29, 1.82) is 0 Å². The summed E-state index contributed by atoms with van der Waals surface area (Å²) in [4.78, 5) is 27.2. The van der Waals surface area contributed by atoms with Crippen molar-refractivity contribution in [3.63, 3.8) is 0 Å². The SMILES string of the molecule is Cc1ccc(C)c(-c2cc(CNC(=O)[C@@H]3CCCN3S(=O)(=O)c3ccc(F)cc3)nc(N3CCN(c4ccccc4F)CC3)n2)c1. The van der Waals surface area contributed by atoms with Crippen molar-refractivity contribution in [3.8, 4) is 11.3 Å². The second kappa shape index (κ2) is 13.1. The fraction of sp³-hybridized carbons (Fsp3) is 0.324. The summed E-state index contributed by atoms with van der Waals surface area (Å²) in [5, 5.41) is 2.91. The van der Waals surface area contributed by atoms with E-state index in [0.29, 0.717) is 62.0 Å². The summed E-state index contributed by atoms with van der Waals surface area (Å²) in [5.74, 6) is -0.702. The van der Waals surface area contributed by atoms with Crippen LogP contribution in [0.25, 0.3) is 11.3 Å². The van der Waals surface area contributed by atoms with E-state index in [2.05, 4.69) is 16.3 Å². The molecule has 1 N–H and O–H groups in total. The second-order valence-electron chi connectivity index (χ2n) is 11.7. The Morgan fingerprint density at radius 3 is 2.35 bits per heavy atom. The Hall–Kier alpha value is -4.42. The van der Waals surface area contributed by atoms with Crippen molar-refractivity contribution in [2.45, 2.75) is 44.2 Å². The van der Waals surface area contributed by atoms with Gasteiger partial charge in [-0.1, -0.05) is 29.8 Å². The van der Waals surface area contributed by atoms with Gasteiger partial charge in [0.05, 0.1) is 28.5 Å². The first-order valence-corrected chi connectivity index (χ1v) is 16.8. The highest BCUT2D eigenvalue weighted by Crippen LogP contribution is 2.29. The van der Waals surface area contributed by atoms with Crippen molar-refractivity contribution < 1.29 is 22.0 Å². The molecule has 3 heterocycles. The van der Waals surface area contributed by atoms with Gasteiger partial charge >= 0.3 is 0 Å². The number of carbonyl (C=O) groups is 1. The number of sulfonamides is 1. The molecule has 0 aliphatic carbocycles. The summed E-state index contributed by atoms with van der Waals surface area (Å²) < 4.78 is 55.7. The van der Waals surface area contributed by atoms with Crippen LogP contribution in [0.1, 0.15) is 29.7 Å². The van der Waals surface area contributed by atoms with E-state index in [1.807, 2.05) is 43.0 Å². The van der Waals surface area contributed by atoms with Crippen LogP contribution < -0.4 is 15.1 Å². The number of rotatable bonds is 8. The average Bonchev–Trinajstić information content (AvgIpc) is 3.57. The Bertz CT molecular complexity index is 1850. The van der Waals surface area contributed by atoms with Crippen LogP contribution in [0.15, 0.2) is 77.7 Å². The van der Waals surface area contributed by atoms with E-state index in [1.165, 1.54) is 22.5 Å². The molecular formula is C34H36F2N6O3S. The van der Waals surface area contributed by atoms with Gasteiger partial charge in [0, 0.05) is 38.3 Å². The summed E-state index contributed by atoms with van der Waals surface area (Å²) in [5.41, 5.74) is 4.94. The highest BCUT2D eigenvalue weighted by molar-refractivity contribution is 7.89. The number of anilines is 2. The Labute approximate surface area is 267 Å². The van der Waals surface area contributed by atoms with Gasteiger partial charge in [-0.15, -0.1) is 0 Å². The molecule has 0 saturated carbocycles. The van der Waals surface area contributed by atoms with Gasteiger partial charge < -0.3 is 15.1 Å². The number of carbonyl (C=O) groups excluding carboxylic acids is 1. The molecular weight excluding hydrogens is 610 g/mol. The number of benzene rings is 3. The van der Waals surface area contributed by atoms with E-state index in [1.54, 1.807) is 12.1 Å². The fourth-order valence-electron chi connectivity index (χ4n) is 6.05. The summed E-state index contributed by atoms with van der Waals surface area (Å²) in [6, 6.07) is 18.5. The first-order chi connectivity index (χ1) is 22.1. The molecule has 1 aromatic heterocycles. The standard InChI is InChI=1S/C34H36F2N6O3S/c1-23-9-10-24(2)28(20-23)30-21-26(38-34(39-30)41-18-16-40(17-19-41)31-7-4-3-6-29(31)36)22-37-33(43)32-8-5-15-42(32)46(44,45)27-13-11-25(35)12-14-27/h3-4,6-7,9-14,20-21,32H,5,8,15-19,22H2,1-2H3,(H,37,43)/t32-/m0/s1. The summed E-state index contributed by atoms with van der Waals surface area (Å²) in [6.07, 6.45) is 0.910. The van der Waals surface area contributed by atoms with Crippen LogP contribution in [-0.4, -0.2) is 67.4 Å². The van der Waals surface area contributed by atoms with E-state index in [0.717, 1.165) is 28.8 Å². The molecule has 0 spiro atoms. The Kier molecular flexibility index (Phi) is 9.01. The summed E-state index contributed by atoms with van der Waals surface area (Å²) in [7, 11) is -3.99. The molecule has 1 amide bonds. The van der Waals surface area contributed by atoms with E-state index in [4.69, 9.17) is 9.97 Å². The molecule has 2 aliphatic rings. The highest BCUT2D eigenvalue weighted by Gasteiger charge is 2.39. The largest absolute Gasteiger partial charge is 0.366 e. The monoisotopic (exact) mass is 646 g/mol. The number of aryl methyl sites for hydroxylation is 2. The Morgan fingerprint density at radius 1 is 0.891 bits per heavy atom. The van der Waals surface area contributed by atoms with Gasteiger partial charge in [0.15, 0.2) is 0 Å². The number of amides is 1. The minimum absolute atomic E-state index is 0.0534. The molecule has 46 heavy (non-hydrogen) atoms. The van der Waals surface area contributed by atoms with E-state index < -0.39 is 27.8 Å². The molecule has 1 atom stereocenters. The van der Waals surface area contributed by atoms with E-state index in [9.17, 15) is 22.0 Å². The van der Waals surface area contributed by atoms with Crippen LogP contribution >= 0.6 is 0 Å². The summed E-state index contributed by atoms with van der Waals surface area (Å²) >= 11 is 0. The third-order valence-corrected chi connectivity index (χ3v) is 10.5. The molecule has 0 radical (unpaired) electrons. The number of hydrogen-bond donors (Lipinski definition) is 1. The Morgan fingerprint density at radius 2 is 1.61 bits per heavy atom. The number of para-hydroxylation sites is 1. The molecule has 2 fully saturated rings. The number of piperazine rings is 1. The van der Waals surface area contributed by atoms with Crippen molar-refractivity contribution in [1.82, 2.24) is 19.6 Å². The fourth-order valence-corrected chi connectivity index (χ4v) is 7.70. The first-order valence-electron chi connectivity index (χ1n) is 15.4. The van der Waals surface area contributed by atoms with Crippen LogP contribution in [0.5, 0.6) is 0 Å². The minimum Gasteiger partial charge on any atom is -0.366 e. The third kappa shape index (κ3) is 6.59. The quantitative estimate of drug-likeness (QED) is 0.293. The number of aromatic nitrogens is 2. The van der Waals surface area contributed by atoms with Crippen molar-refractivity contribution in [2.24, 2.45) is 0 Å². The Balaban J connectivity index is 1.23. The van der Waals surface area contributed by atoms with Crippen LogP contribution in [0, 0.1) is 25.5 Å². The molecule has 2 aliphatic heterocycles. The zero-order valence-electron chi connectivity index (χ0n) is 25.8. The normalized spacial score (nSPS) is 17.3. The van der Waals surface area contributed by atoms with Gasteiger partial charge in [0.25, 0.3) is 0 Å². The molecule has 240 valence electrons. The minimum atomic E-state index is -3.99. The predicted molar refractivity (Wildman–Crippen MR) is 173 cm³/mol. The topological polar surface area (TPSA) is 98.7 Å². The zero-order chi connectivity index (χ0) is 32.4. The second-order valence-corrected chi connectivity index (χ2v) is 13.6. The van der Waals surface area contributed by atoms with Gasteiger partial charge in [0.1, 0.15) is 17.7 Å². The van der Waals surface area contributed by atoms with Gasteiger partial charge in [0.2, 0.25) is 21.9 Å².